The fraction of sp³-hybridized carbons (Fsp3) is 0.655. The van der Waals surface area contributed by atoms with E-state index in [2.05, 4.69) is 0 Å². The van der Waals surface area contributed by atoms with Gasteiger partial charge in [-0.3, -0.25) is 4.79 Å². The van der Waals surface area contributed by atoms with Crippen LogP contribution in [0.1, 0.15) is 67.7 Å². The highest BCUT2D eigenvalue weighted by Crippen LogP contribution is 2.25. The molecule has 6 atom stereocenters. The van der Waals surface area contributed by atoms with Crippen LogP contribution in [-0.4, -0.2) is 77.3 Å². The molecule has 0 fully saturated rings. The van der Waals surface area contributed by atoms with E-state index in [1.165, 1.54) is 13.8 Å². The Kier molecular flexibility index (Phi) is 17.1. The van der Waals surface area contributed by atoms with Crippen molar-refractivity contribution in [2.45, 2.75) is 85.5 Å². The molecule has 38 heavy (non-hydrogen) atoms. The topological polar surface area (TPSA) is 130 Å². The summed E-state index contributed by atoms with van der Waals surface area (Å²) in [6.45, 7) is 13.6. The molecule has 2 N–H and O–H groups in total. The molecule has 0 bridgehead atoms. The van der Waals surface area contributed by atoms with Crippen molar-refractivity contribution in [1.29, 1.82) is 0 Å². The maximum atomic E-state index is 12.0. The van der Waals surface area contributed by atoms with E-state index in [0.717, 1.165) is 11.9 Å². The van der Waals surface area contributed by atoms with Gasteiger partial charge in [-0.2, -0.15) is 0 Å². The molecule has 0 aromatic heterocycles. The Balaban J connectivity index is 5.30. The number of carbonyl (C=O) groups is 4. The Morgan fingerprint density at radius 3 is 2.21 bits per heavy atom. The lowest BCUT2D eigenvalue weighted by Crippen LogP contribution is -2.41. The van der Waals surface area contributed by atoms with Crippen LogP contribution in [0.15, 0.2) is 36.0 Å². The first-order chi connectivity index (χ1) is 17.8. The second-order valence-corrected chi connectivity index (χ2v) is 9.91. The number of carbonyl (C=O) groups excluding carboxylic acids is 4. The molecule has 0 rings (SSSR count). The summed E-state index contributed by atoms with van der Waals surface area (Å²) >= 11 is 0. The molecule has 0 unspecified atom stereocenters. The molecule has 9 heteroatoms. The molecule has 0 spiro atoms. The number of aliphatic hydroxyl groups is 2. The van der Waals surface area contributed by atoms with Crippen LogP contribution in [0, 0.1) is 17.8 Å². The zero-order valence-corrected chi connectivity index (χ0v) is 24.0. The van der Waals surface area contributed by atoms with Crippen molar-refractivity contribution in [2.24, 2.45) is 17.8 Å². The second kappa shape index (κ2) is 18.5. The van der Waals surface area contributed by atoms with E-state index in [4.69, 9.17) is 9.47 Å². The molecular formula is C29H47NO8. The Morgan fingerprint density at radius 2 is 1.68 bits per heavy atom. The van der Waals surface area contributed by atoms with Gasteiger partial charge in [0.2, 0.25) is 0 Å². The van der Waals surface area contributed by atoms with Gasteiger partial charge in [-0.05, 0) is 52.5 Å². The number of ether oxygens (including phenoxy) is 2. The maximum absolute atomic E-state index is 12.0. The highest BCUT2D eigenvalue weighted by atomic mass is 16.6. The van der Waals surface area contributed by atoms with Crippen LogP contribution in [-0.2, 0) is 23.9 Å². The summed E-state index contributed by atoms with van der Waals surface area (Å²) in [4.78, 5) is 47.7. The molecule has 0 radical (unpaired) electrons. The van der Waals surface area contributed by atoms with Crippen molar-refractivity contribution in [1.82, 2.24) is 4.90 Å². The van der Waals surface area contributed by atoms with Gasteiger partial charge in [0.05, 0.1) is 12.7 Å². The minimum absolute atomic E-state index is 0.0117. The number of rotatable bonds is 18. The average Bonchev–Trinajstić information content (AvgIpc) is 2.85. The molecule has 0 heterocycles. The standard InChI is InChI=1S/C29H47NO8/c1-8-30(9-2)28(35)37-20-21(3)11-10-12-22(4)26(19-32)23(5)13-14-27(38-24(6)33)29(7,36)17-15-25(34)16-18-31/h10-14,18-19,21,23,25-27,34,36H,8-9,15-17,20H2,1-7H3/b11-10+,14-13+,22-12+/t21-,23-,25-,26+,27-,29-/m0/s1. The van der Waals surface area contributed by atoms with Gasteiger partial charge in [0.15, 0.2) is 0 Å². The predicted molar refractivity (Wildman–Crippen MR) is 146 cm³/mol. The molecule has 0 aliphatic carbocycles. The molecule has 0 aliphatic rings. The van der Waals surface area contributed by atoms with Crippen LogP contribution in [0.5, 0.6) is 0 Å². The van der Waals surface area contributed by atoms with Crippen molar-refractivity contribution in [3.63, 3.8) is 0 Å². The van der Waals surface area contributed by atoms with E-state index >= 15 is 0 Å². The lowest BCUT2D eigenvalue weighted by Gasteiger charge is -2.31. The van der Waals surface area contributed by atoms with Crippen LogP contribution < -0.4 is 0 Å². The van der Waals surface area contributed by atoms with Crippen LogP contribution in [0.4, 0.5) is 4.79 Å². The van der Waals surface area contributed by atoms with E-state index in [-0.39, 0.29) is 43.8 Å². The summed E-state index contributed by atoms with van der Waals surface area (Å²) < 4.78 is 10.6. The maximum Gasteiger partial charge on any atom is 0.409 e. The lowest BCUT2D eigenvalue weighted by atomic mass is 9.86. The summed E-state index contributed by atoms with van der Waals surface area (Å²) in [7, 11) is 0. The fourth-order valence-corrected chi connectivity index (χ4v) is 3.76. The first-order valence-electron chi connectivity index (χ1n) is 13.2. The Hall–Kier alpha value is -2.78. The van der Waals surface area contributed by atoms with Gasteiger partial charge in [0.25, 0.3) is 0 Å². The van der Waals surface area contributed by atoms with E-state index in [0.29, 0.717) is 19.4 Å². The van der Waals surface area contributed by atoms with Gasteiger partial charge in [0, 0.05) is 38.3 Å². The summed E-state index contributed by atoms with van der Waals surface area (Å²) in [5, 5.41) is 20.7. The normalized spacial score (nSPS) is 17.8. The summed E-state index contributed by atoms with van der Waals surface area (Å²) in [5.74, 6) is -1.31. The molecule has 0 aromatic carbocycles. The fourth-order valence-electron chi connectivity index (χ4n) is 3.76. The third-order valence-electron chi connectivity index (χ3n) is 6.38. The molecule has 0 saturated heterocycles. The Bertz CT molecular complexity index is 828. The lowest BCUT2D eigenvalue weighted by molar-refractivity contribution is -0.156. The number of aliphatic hydroxyl groups excluding tert-OH is 1. The number of hydrogen-bond donors (Lipinski definition) is 2. The van der Waals surface area contributed by atoms with Crippen LogP contribution in [0.25, 0.3) is 0 Å². The third-order valence-corrected chi connectivity index (χ3v) is 6.38. The van der Waals surface area contributed by atoms with Gasteiger partial charge in [-0.25, -0.2) is 4.79 Å². The number of allylic oxidation sites excluding steroid dienone is 4. The number of hydrogen-bond acceptors (Lipinski definition) is 8. The summed E-state index contributed by atoms with van der Waals surface area (Å²) in [6, 6.07) is 0. The molecule has 216 valence electrons. The van der Waals surface area contributed by atoms with E-state index in [1.54, 1.807) is 17.1 Å². The SMILES string of the molecule is CCN(CC)C(=O)OC[C@@H](C)/C=C/C=C(\C)[C@@H](C=O)[C@@H](C)/C=C/[C@H](OC(C)=O)[C@@](C)(O)CC[C@H](O)CC=O. The minimum Gasteiger partial charge on any atom is -0.455 e. The van der Waals surface area contributed by atoms with Gasteiger partial charge < -0.3 is 34.2 Å². The minimum atomic E-state index is -1.49. The largest absolute Gasteiger partial charge is 0.455 e. The van der Waals surface area contributed by atoms with Crippen LogP contribution in [0.3, 0.4) is 0 Å². The van der Waals surface area contributed by atoms with Crippen molar-refractivity contribution >= 4 is 24.6 Å². The Labute approximate surface area is 227 Å². The van der Waals surface area contributed by atoms with Gasteiger partial charge >= 0.3 is 12.1 Å². The first-order valence-corrected chi connectivity index (χ1v) is 13.2. The van der Waals surface area contributed by atoms with Crippen molar-refractivity contribution in [3.8, 4) is 0 Å². The second-order valence-electron chi connectivity index (χ2n) is 9.91. The predicted octanol–water partition coefficient (Wildman–Crippen LogP) is 4.02. The summed E-state index contributed by atoms with van der Waals surface area (Å²) in [5.41, 5.74) is -0.672. The molecule has 0 aliphatic heterocycles. The molecule has 0 saturated carbocycles. The zero-order valence-electron chi connectivity index (χ0n) is 24.0. The molecule has 1 amide bonds. The highest BCUT2D eigenvalue weighted by molar-refractivity contribution is 5.67. The monoisotopic (exact) mass is 537 g/mol. The highest BCUT2D eigenvalue weighted by Gasteiger charge is 2.33. The smallest absolute Gasteiger partial charge is 0.409 e. The zero-order chi connectivity index (χ0) is 29.3. The molecule has 9 nitrogen and oxygen atoms in total. The van der Waals surface area contributed by atoms with E-state index < -0.39 is 29.7 Å². The number of amides is 1. The quantitative estimate of drug-likeness (QED) is 0.116. The van der Waals surface area contributed by atoms with Gasteiger partial charge in [-0.1, -0.05) is 43.7 Å². The van der Waals surface area contributed by atoms with Crippen molar-refractivity contribution in [2.75, 3.05) is 19.7 Å². The van der Waals surface area contributed by atoms with Crippen LogP contribution >= 0.6 is 0 Å². The first kappa shape index (κ1) is 35.2. The molecule has 0 aromatic rings. The average molecular weight is 538 g/mol. The van der Waals surface area contributed by atoms with E-state index in [1.807, 2.05) is 52.8 Å². The van der Waals surface area contributed by atoms with Gasteiger partial charge in [0.1, 0.15) is 24.3 Å². The number of nitrogens with zero attached hydrogens (tertiary/aromatic N) is 1. The van der Waals surface area contributed by atoms with Crippen molar-refractivity contribution in [3.05, 3.63) is 36.0 Å². The van der Waals surface area contributed by atoms with Gasteiger partial charge in [-0.15, -0.1) is 0 Å². The third kappa shape index (κ3) is 13.7. The summed E-state index contributed by atoms with van der Waals surface area (Å²) in [6.07, 6.45) is 8.28. The van der Waals surface area contributed by atoms with Crippen molar-refractivity contribution < 1.29 is 38.9 Å². The number of aldehydes is 2. The van der Waals surface area contributed by atoms with Crippen LogP contribution in [0.2, 0.25) is 0 Å². The molecular weight excluding hydrogens is 490 g/mol. The number of esters is 1. The van der Waals surface area contributed by atoms with E-state index in [9.17, 15) is 29.4 Å². The Morgan fingerprint density at radius 1 is 1.05 bits per heavy atom.